The van der Waals surface area contributed by atoms with E-state index in [9.17, 15) is 13.2 Å². The van der Waals surface area contributed by atoms with E-state index in [1.165, 1.54) is 4.31 Å². The second-order valence-electron chi connectivity index (χ2n) is 5.73. The van der Waals surface area contributed by atoms with E-state index < -0.39 is 16.1 Å². The smallest absolute Gasteiger partial charge is 0.243 e. The number of halogens is 1. The summed E-state index contributed by atoms with van der Waals surface area (Å²) in [6.07, 6.45) is 4.13. The van der Waals surface area contributed by atoms with Crippen LogP contribution in [0.3, 0.4) is 0 Å². The molecule has 7 heteroatoms. The molecule has 0 bridgehead atoms. The molecule has 1 amide bonds. The Morgan fingerprint density at radius 1 is 1.30 bits per heavy atom. The zero-order valence-electron chi connectivity index (χ0n) is 13.3. The van der Waals surface area contributed by atoms with Crippen LogP contribution in [0.5, 0.6) is 0 Å². The maximum Gasteiger partial charge on any atom is 0.243 e. The molecule has 0 aromatic heterocycles. The van der Waals surface area contributed by atoms with Gasteiger partial charge in [-0.1, -0.05) is 35.7 Å². The number of benzene rings is 1. The highest BCUT2D eigenvalue weighted by Gasteiger charge is 2.37. The molecule has 23 heavy (non-hydrogen) atoms. The van der Waals surface area contributed by atoms with Crippen molar-refractivity contribution in [3.63, 3.8) is 0 Å². The van der Waals surface area contributed by atoms with Gasteiger partial charge in [-0.2, -0.15) is 4.31 Å². The first-order valence-corrected chi connectivity index (χ1v) is 10.2. The van der Waals surface area contributed by atoms with E-state index in [-0.39, 0.29) is 10.8 Å². The number of amides is 1. The average Bonchev–Trinajstić information content (AvgIpc) is 2.55. The molecule has 128 valence electrons. The predicted octanol–water partition coefficient (Wildman–Crippen LogP) is 2.91. The minimum absolute atomic E-state index is 0.182. The van der Waals surface area contributed by atoms with Crippen molar-refractivity contribution < 1.29 is 13.2 Å². The van der Waals surface area contributed by atoms with Crippen LogP contribution in [0, 0.1) is 0 Å². The van der Waals surface area contributed by atoms with Crippen LogP contribution in [-0.2, 0) is 14.8 Å². The molecule has 0 aliphatic carbocycles. The van der Waals surface area contributed by atoms with Crippen LogP contribution >= 0.6 is 15.9 Å². The van der Waals surface area contributed by atoms with Gasteiger partial charge < -0.3 is 5.32 Å². The fraction of sp³-hybridized carbons (Fsp3) is 0.562. The van der Waals surface area contributed by atoms with Crippen LogP contribution in [0.1, 0.15) is 39.0 Å². The molecule has 1 aromatic carbocycles. The molecule has 1 saturated heterocycles. The van der Waals surface area contributed by atoms with E-state index in [4.69, 9.17) is 0 Å². The van der Waals surface area contributed by atoms with E-state index in [1.807, 2.05) is 0 Å². The van der Waals surface area contributed by atoms with Gasteiger partial charge in [0.15, 0.2) is 0 Å². The summed E-state index contributed by atoms with van der Waals surface area (Å²) in [6.45, 7) is 3.04. The highest BCUT2D eigenvalue weighted by molar-refractivity contribution is 9.10. The standard InChI is InChI=1S/C16H23BrN2O3S/c1-2-3-11-18-16(20)15-6-4-5-12-19(15)23(21,22)14-9-7-13(17)8-10-14/h7-10,15H,2-6,11-12H2,1H3,(H,18,20). The van der Waals surface area contributed by atoms with Crippen molar-refractivity contribution in [1.29, 1.82) is 0 Å². The van der Waals surface area contributed by atoms with Gasteiger partial charge in [-0.3, -0.25) is 4.79 Å². The van der Waals surface area contributed by atoms with Crippen LogP contribution in [0.4, 0.5) is 0 Å². The molecule has 1 aromatic rings. The van der Waals surface area contributed by atoms with Crippen molar-refractivity contribution in [3.8, 4) is 0 Å². The summed E-state index contributed by atoms with van der Waals surface area (Å²) in [5.41, 5.74) is 0. The zero-order chi connectivity index (χ0) is 16.9. The molecule has 1 fully saturated rings. The summed E-state index contributed by atoms with van der Waals surface area (Å²) in [5.74, 6) is -0.182. The van der Waals surface area contributed by atoms with Gasteiger partial charge in [-0.25, -0.2) is 8.42 Å². The Morgan fingerprint density at radius 3 is 2.65 bits per heavy atom. The summed E-state index contributed by atoms with van der Waals surface area (Å²) < 4.78 is 27.9. The maximum absolute atomic E-state index is 12.9. The predicted molar refractivity (Wildman–Crippen MR) is 93.6 cm³/mol. The fourth-order valence-corrected chi connectivity index (χ4v) is 4.62. The molecule has 1 aliphatic rings. The van der Waals surface area contributed by atoms with Crippen molar-refractivity contribution in [1.82, 2.24) is 9.62 Å². The summed E-state index contributed by atoms with van der Waals surface area (Å²) >= 11 is 3.31. The van der Waals surface area contributed by atoms with Crippen LogP contribution < -0.4 is 5.32 Å². The van der Waals surface area contributed by atoms with Crippen LogP contribution in [0.2, 0.25) is 0 Å². The first-order chi connectivity index (χ1) is 11.0. The minimum Gasteiger partial charge on any atom is -0.355 e. The molecule has 0 spiro atoms. The molecule has 2 rings (SSSR count). The van der Waals surface area contributed by atoms with Crippen LogP contribution in [-0.4, -0.2) is 37.8 Å². The Labute approximate surface area is 146 Å². The monoisotopic (exact) mass is 402 g/mol. The Morgan fingerprint density at radius 2 is 2.00 bits per heavy atom. The lowest BCUT2D eigenvalue weighted by Crippen LogP contribution is -2.51. The SMILES string of the molecule is CCCCNC(=O)C1CCCCN1S(=O)(=O)c1ccc(Br)cc1. The van der Waals surface area contributed by atoms with Gasteiger partial charge in [0.05, 0.1) is 4.90 Å². The van der Waals surface area contributed by atoms with Gasteiger partial charge in [0.2, 0.25) is 15.9 Å². The van der Waals surface area contributed by atoms with Crippen molar-refractivity contribution in [2.45, 2.75) is 50.0 Å². The average molecular weight is 403 g/mol. The van der Waals surface area contributed by atoms with Crippen LogP contribution in [0.15, 0.2) is 33.6 Å². The van der Waals surface area contributed by atoms with Gasteiger partial charge >= 0.3 is 0 Å². The maximum atomic E-state index is 12.9. The number of hydrogen-bond donors (Lipinski definition) is 1. The quantitative estimate of drug-likeness (QED) is 0.743. The topological polar surface area (TPSA) is 66.5 Å². The Bertz CT molecular complexity index is 631. The number of sulfonamides is 1. The summed E-state index contributed by atoms with van der Waals surface area (Å²) in [4.78, 5) is 12.6. The highest BCUT2D eigenvalue weighted by Crippen LogP contribution is 2.26. The highest BCUT2D eigenvalue weighted by atomic mass is 79.9. The molecular formula is C16H23BrN2O3S. The molecule has 1 atom stereocenters. The lowest BCUT2D eigenvalue weighted by atomic mass is 10.0. The van der Waals surface area contributed by atoms with E-state index in [0.717, 1.165) is 30.2 Å². The molecule has 0 radical (unpaired) electrons. The molecule has 1 unspecified atom stereocenters. The number of piperidine rings is 1. The number of rotatable bonds is 6. The third kappa shape index (κ3) is 4.55. The first-order valence-electron chi connectivity index (χ1n) is 8.02. The van der Waals surface area contributed by atoms with Gasteiger partial charge in [-0.05, 0) is 43.5 Å². The van der Waals surface area contributed by atoms with Crippen molar-refractivity contribution in [3.05, 3.63) is 28.7 Å². The third-order valence-electron chi connectivity index (χ3n) is 4.01. The summed E-state index contributed by atoms with van der Waals surface area (Å²) in [7, 11) is -3.65. The Balaban J connectivity index is 2.19. The van der Waals surface area contributed by atoms with E-state index >= 15 is 0 Å². The minimum atomic E-state index is -3.65. The van der Waals surface area contributed by atoms with Gasteiger partial charge in [0.1, 0.15) is 6.04 Å². The van der Waals surface area contributed by atoms with Crippen molar-refractivity contribution in [2.24, 2.45) is 0 Å². The van der Waals surface area contributed by atoms with E-state index in [1.54, 1.807) is 24.3 Å². The number of nitrogens with zero attached hydrogens (tertiary/aromatic N) is 1. The normalized spacial score (nSPS) is 19.5. The lowest BCUT2D eigenvalue weighted by Gasteiger charge is -2.33. The first kappa shape index (κ1) is 18.4. The van der Waals surface area contributed by atoms with Gasteiger partial charge in [-0.15, -0.1) is 0 Å². The molecule has 1 N–H and O–H groups in total. The Hall–Kier alpha value is -0.920. The number of carbonyl (C=O) groups is 1. The second kappa shape index (κ2) is 8.26. The number of nitrogens with one attached hydrogen (secondary N) is 1. The molecule has 1 heterocycles. The lowest BCUT2D eigenvalue weighted by molar-refractivity contribution is -0.125. The Kier molecular flexibility index (Phi) is 6.61. The number of carbonyl (C=O) groups excluding carboxylic acids is 1. The fourth-order valence-electron chi connectivity index (χ4n) is 2.70. The molecule has 1 aliphatic heterocycles. The van der Waals surface area contributed by atoms with Crippen molar-refractivity contribution >= 4 is 31.9 Å². The molecular weight excluding hydrogens is 380 g/mol. The molecule has 5 nitrogen and oxygen atoms in total. The van der Waals surface area contributed by atoms with Crippen molar-refractivity contribution in [2.75, 3.05) is 13.1 Å². The molecule has 0 saturated carbocycles. The largest absolute Gasteiger partial charge is 0.355 e. The van der Waals surface area contributed by atoms with E-state index in [2.05, 4.69) is 28.2 Å². The number of unbranched alkanes of at least 4 members (excludes halogenated alkanes) is 1. The number of hydrogen-bond acceptors (Lipinski definition) is 3. The van der Waals surface area contributed by atoms with Crippen LogP contribution in [0.25, 0.3) is 0 Å². The zero-order valence-corrected chi connectivity index (χ0v) is 15.7. The summed E-state index contributed by atoms with van der Waals surface area (Å²) in [5, 5.41) is 2.86. The van der Waals surface area contributed by atoms with Gasteiger partial charge in [0, 0.05) is 17.6 Å². The summed E-state index contributed by atoms with van der Waals surface area (Å²) in [6, 6.07) is 5.94. The second-order valence-corrected chi connectivity index (χ2v) is 8.53. The third-order valence-corrected chi connectivity index (χ3v) is 6.46. The van der Waals surface area contributed by atoms with Gasteiger partial charge in [0.25, 0.3) is 0 Å². The van der Waals surface area contributed by atoms with E-state index in [0.29, 0.717) is 19.5 Å².